The number of aliphatic hydroxyl groups excluding tert-OH is 2. The summed E-state index contributed by atoms with van der Waals surface area (Å²) in [6.07, 6.45) is 1.67. The van der Waals surface area contributed by atoms with Crippen molar-refractivity contribution in [3.05, 3.63) is 0 Å². The quantitative estimate of drug-likeness (QED) is 0.506. The van der Waals surface area contributed by atoms with Crippen LogP contribution in [0.2, 0.25) is 0 Å². The van der Waals surface area contributed by atoms with E-state index in [1.54, 1.807) is 0 Å². The average molecular weight is 139 g/mol. The molecule has 3 heteroatoms. The SMILES string of the molecule is Cl.OC1CCCC1O. The first kappa shape index (κ1) is 8.21. The lowest BCUT2D eigenvalue weighted by molar-refractivity contribution is 0.0438. The lowest BCUT2D eigenvalue weighted by atomic mass is 10.3. The van der Waals surface area contributed by atoms with Crippen molar-refractivity contribution in [2.24, 2.45) is 0 Å². The van der Waals surface area contributed by atoms with Crippen LogP contribution >= 0.6 is 12.4 Å². The van der Waals surface area contributed by atoms with E-state index in [0.29, 0.717) is 0 Å². The Kier molecular flexibility index (Phi) is 3.36. The van der Waals surface area contributed by atoms with Crippen LogP contribution in [0.4, 0.5) is 0 Å². The number of hydrogen-bond acceptors (Lipinski definition) is 2. The molecule has 0 aromatic rings. The van der Waals surface area contributed by atoms with Crippen LogP contribution in [0.3, 0.4) is 0 Å². The van der Waals surface area contributed by atoms with Gasteiger partial charge < -0.3 is 10.2 Å². The lowest BCUT2D eigenvalue weighted by Crippen LogP contribution is -2.17. The molecule has 1 aliphatic rings. The summed E-state index contributed by atoms with van der Waals surface area (Å²) in [5, 5.41) is 17.5. The van der Waals surface area contributed by atoms with Crippen LogP contribution in [0, 0.1) is 0 Å². The van der Waals surface area contributed by atoms with Gasteiger partial charge in [-0.3, -0.25) is 0 Å². The van der Waals surface area contributed by atoms with E-state index in [1.165, 1.54) is 0 Å². The zero-order valence-corrected chi connectivity index (χ0v) is 5.40. The van der Waals surface area contributed by atoms with Gasteiger partial charge in [0, 0.05) is 0 Å². The third kappa shape index (κ3) is 1.62. The highest BCUT2D eigenvalue weighted by Gasteiger charge is 2.21. The fourth-order valence-corrected chi connectivity index (χ4v) is 0.921. The van der Waals surface area contributed by atoms with Crippen LogP contribution in [0.15, 0.2) is 0 Å². The van der Waals surface area contributed by atoms with Gasteiger partial charge in [0.05, 0.1) is 12.2 Å². The molecule has 0 spiro atoms. The highest BCUT2D eigenvalue weighted by molar-refractivity contribution is 5.85. The molecule has 0 aromatic heterocycles. The van der Waals surface area contributed by atoms with E-state index in [4.69, 9.17) is 10.2 Å². The zero-order valence-electron chi connectivity index (χ0n) is 4.58. The second-order valence-electron chi connectivity index (χ2n) is 2.07. The molecule has 1 rings (SSSR count). The van der Waals surface area contributed by atoms with E-state index in [-0.39, 0.29) is 12.4 Å². The van der Waals surface area contributed by atoms with Gasteiger partial charge in [-0.2, -0.15) is 0 Å². The molecule has 0 aliphatic heterocycles. The van der Waals surface area contributed by atoms with Gasteiger partial charge >= 0.3 is 0 Å². The number of rotatable bonds is 0. The molecule has 2 atom stereocenters. The summed E-state index contributed by atoms with van der Waals surface area (Å²) in [7, 11) is 0. The van der Waals surface area contributed by atoms with Gasteiger partial charge in [-0.05, 0) is 19.3 Å². The summed E-state index contributed by atoms with van der Waals surface area (Å²) in [6.45, 7) is 0. The average Bonchev–Trinajstić information content (AvgIpc) is 1.91. The molecule has 0 bridgehead atoms. The van der Waals surface area contributed by atoms with Crippen LogP contribution in [0.5, 0.6) is 0 Å². The third-order valence-corrected chi connectivity index (χ3v) is 1.44. The standard InChI is InChI=1S/C5H10O2.ClH/c6-4-2-1-3-5(4)7;/h4-7H,1-3H2;1H. The molecule has 1 aliphatic carbocycles. The minimum Gasteiger partial charge on any atom is -0.390 e. The van der Waals surface area contributed by atoms with E-state index >= 15 is 0 Å². The molecule has 1 fully saturated rings. The first-order chi connectivity index (χ1) is 3.30. The fourth-order valence-electron chi connectivity index (χ4n) is 0.921. The maximum Gasteiger partial charge on any atom is 0.0799 e. The van der Waals surface area contributed by atoms with Crippen molar-refractivity contribution >= 4 is 12.4 Å². The molecule has 2 unspecified atom stereocenters. The smallest absolute Gasteiger partial charge is 0.0799 e. The van der Waals surface area contributed by atoms with Crippen LogP contribution < -0.4 is 0 Å². The van der Waals surface area contributed by atoms with Crippen LogP contribution in [-0.4, -0.2) is 22.4 Å². The predicted octanol–water partition coefficient (Wildman–Crippen LogP) is 0.314. The van der Waals surface area contributed by atoms with E-state index in [2.05, 4.69) is 0 Å². The minimum atomic E-state index is -0.431. The molecule has 0 radical (unpaired) electrons. The molecule has 50 valence electrons. The maximum atomic E-state index is 8.75. The molecule has 0 aromatic carbocycles. The highest BCUT2D eigenvalue weighted by Crippen LogP contribution is 2.17. The van der Waals surface area contributed by atoms with Crippen molar-refractivity contribution in [2.75, 3.05) is 0 Å². The van der Waals surface area contributed by atoms with Gasteiger partial charge in [0.2, 0.25) is 0 Å². The summed E-state index contributed by atoms with van der Waals surface area (Å²) in [5.41, 5.74) is 0. The monoisotopic (exact) mass is 138 g/mol. The molecule has 0 amide bonds. The molecule has 2 N–H and O–H groups in total. The number of halogens is 1. The Labute approximate surface area is 54.9 Å². The summed E-state index contributed by atoms with van der Waals surface area (Å²) in [5.74, 6) is 0. The summed E-state index contributed by atoms with van der Waals surface area (Å²) in [6, 6.07) is 0. The van der Waals surface area contributed by atoms with Crippen molar-refractivity contribution in [3.8, 4) is 0 Å². The third-order valence-electron chi connectivity index (χ3n) is 1.44. The van der Waals surface area contributed by atoms with Crippen molar-refractivity contribution < 1.29 is 10.2 Å². The van der Waals surface area contributed by atoms with Gasteiger partial charge in [-0.1, -0.05) is 0 Å². The molecule has 1 saturated carbocycles. The molecule has 0 heterocycles. The minimum absolute atomic E-state index is 0. The Morgan fingerprint density at radius 2 is 1.38 bits per heavy atom. The number of hydrogen-bond donors (Lipinski definition) is 2. The molecular weight excluding hydrogens is 128 g/mol. The van der Waals surface area contributed by atoms with Crippen molar-refractivity contribution in [1.82, 2.24) is 0 Å². The second-order valence-corrected chi connectivity index (χ2v) is 2.07. The van der Waals surface area contributed by atoms with Crippen molar-refractivity contribution in [2.45, 2.75) is 31.5 Å². The normalized spacial score (nSPS) is 36.8. The largest absolute Gasteiger partial charge is 0.390 e. The Morgan fingerprint density at radius 1 is 1.00 bits per heavy atom. The van der Waals surface area contributed by atoms with E-state index in [0.717, 1.165) is 19.3 Å². The lowest BCUT2D eigenvalue weighted by Gasteiger charge is -2.03. The van der Waals surface area contributed by atoms with Crippen molar-refractivity contribution in [1.29, 1.82) is 0 Å². The van der Waals surface area contributed by atoms with Gasteiger partial charge in [0.1, 0.15) is 0 Å². The highest BCUT2D eigenvalue weighted by atomic mass is 35.5. The zero-order chi connectivity index (χ0) is 5.28. The fraction of sp³-hybridized carbons (Fsp3) is 1.00. The predicted molar refractivity (Wildman–Crippen MR) is 33.1 cm³/mol. The van der Waals surface area contributed by atoms with Crippen molar-refractivity contribution in [3.63, 3.8) is 0 Å². The first-order valence-corrected chi connectivity index (χ1v) is 2.67. The van der Waals surface area contributed by atoms with Crippen LogP contribution in [0.25, 0.3) is 0 Å². The molecular formula is C5H11ClO2. The van der Waals surface area contributed by atoms with Gasteiger partial charge in [-0.25, -0.2) is 0 Å². The maximum absolute atomic E-state index is 8.75. The Morgan fingerprint density at radius 3 is 1.50 bits per heavy atom. The van der Waals surface area contributed by atoms with E-state index in [9.17, 15) is 0 Å². The molecule has 0 saturated heterocycles. The van der Waals surface area contributed by atoms with Crippen LogP contribution in [-0.2, 0) is 0 Å². The summed E-state index contributed by atoms with van der Waals surface area (Å²) < 4.78 is 0. The Hall–Kier alpha value is 0.210. The van der Waals surface area contributed by atoms with E-state index in [1.807, 2.05) is 0 Å². The van der Waals surface area contributed by atoms with Crippen LogP contribution in [0.1, 0.15) is 19.3 Å². The Balaban J connectivity index is 0.000000490. The second kappa shape index (κ2) is 3.28. The molecule has 8 heavy (non-hydrogen) atoms. The van der Waals surface area contributed by atoms with E-state index < -0.39 is 12.2 Å². The topological polar surface area (TPSA) is 40.5 Å². The Bertz CT molecular complexity index is 59.4. The van der Waals surface area contributed by atoms with Gasteiger partial charge in [0.25, 0.3) is 0 Å². The van der Waals surface area contributed by atoms with Gasteiger partial charge in [-0.15, -0.1) is 12.4 Å². The molecule has 2 nitrogen and oxygen atoms in total. The summed E-state index contributed by atoms with van der Waals surface area (Å²) in [4.78, 5) is 0. The van der Waals surface area contributed by atoms with Gasteiger partial charge in [0.15, 0.2) is 0 Å². The first-order valence-electron chi connectivity index (χ1n) is 2.67. The summed E-state index contributed by atoms with van der Waals surface area (Å²) >= 11 is 0. The number of aliphatic hydroxyl groups is 2.